The molecule has 2 rings (SSSR count). The SMILES string of the molecule is CC1=Cc2cc(C)ccc2S1(Cl)C(F)(F)F. The molecule has 1 aliphatic rings. The summed E-state index contributed by atoms with van der Waals surface area (Å²) >= 11 is 0. The van der Waals surface area contributed by atoms with Gasteiger partial charge in [0.15, 0.2) is 0 Å². The van der Waals surface area contributed by atoms with Crippen molar-refractivity contribution in [2.75, 3.05) is 0 Å². The summed E-state index contributed by atoms with van der Waals surface area (Å²) in [6.07, 6.45) is 1.54. The van der Waals surface area contributed by atoms with Crippen LogP contribution < -0.4 is 0 Å². The number of halogens is 4. The lowest BCUT2D eigenvalue weighted by Gasteiger charge is -2.33. The van der Waals surface area contributed by atoms with Crippen molar-refractivity contribution < 1.29 is 13.2 Å². The van der Waals surface area contributed by atoms with E-state index in [1.54, 1.807) is 12.1 Å². The molecule has 0 aliphatic carbocycles. The molecule has 1 aromatic rings. The normalized spacial score (nSPS) is 28.2. The van der Waals surface area contributed by atoms with E-state index < -0.39 is 14.7 Å². The van der Waals surface area contributed by atoms with Crippen molar-refractivity contribution in [1.82, 2.24) is 0 Å². The second-order valence-corrected chi connectivity index (χ2v) is 7.79. The van der Waals surface area contributed by atoms with Crippen molar-refractivity contribution in [3.05, 3.63) is 34.2 Å². The Kier molecular flexibility index (Phi) is 2.55. The number of hydrogen-bond donors (Lipinski definition) is 0. The zero-order chi connectivity index (χ0) is 12.1. The minimum absolute atomic E-state index is 0.210. The van der Waals surface area contributed by atoms with Crippen molar-refractivity contribution in [3.8, 4) is 0 Å². The fourth-order valence-electron chi connectivity index (χ4n) is 1.82. The lowest BCUT2D eigenvalue weighted by Crippen LogP contribution is -2.15. The summed E-state index contributed by atoms with van der Waals surface area (Å²) in [5.74, 6) is 0. The molecule has 5 heteroatoms. The van der Waals surface area contributed by atoms with Crippen LogP contribution in [-0.2, 0) is 0 Å². The van der Waals surface area contributed by atoms with Gasteiger partial charge in [-0.15, -0.1) is 0 Å². The van der Waals surface area contributed by atoms with Crippen molar-refractivity contribution in [2.24, 2.45) is 0 Å². The number of aryl methyl sites for hydroxylation is 1. The topological polar surface area (TPSA) is 0 Å². The predicted octanol–water partition coefficient (Wildman–Crippen LogP) is 5.21. The summed E-state index contributed by atoms with van der Waals surface area (Å²) in [4.78, 5) is 0.423. The molecule has 88 valence electrons. The Bertz CT molecular complexity index is 479. The molecule has 0 saturated carbocycles. The number of benzene rings is 1. The third kappa shape index (κ3) is 1.47. The number of rotatable bonds is 0. The fourth-order valence-corrected chi connectivity index (χ4v) is 4.32. The van der Waals surface area contributed by atoms with Crippen LogP contribution in [0.15, 0.2) is 28.0 Å². The largest absolute Gasteiger partial charge is 0.445 e. The Morgan fingerprint density at radius 3 is 2.38 bits per heavy atom. The second-order valence-electron chi connectivity index (χ2n) is 3.78. The van der Waals surface area contributed by atoms with Gasteiger partial charge in [0.1, 0.15) is 0 Å². The van der Waals surface area contributed by atoms with Crippen LogP contribution in [0.3, 0.4) is 0 Å². The summed E-state index contributed by atoms with van der Waals surface area (Å²) < 4.78 is 39.1. The number of hydrogen-bond acceptors (Lipinski definition) is 0. The van der Waals surface area contributed by atoms with E-state index in [9.17, 15) is 13.2 Å². The molecule has 1 unspecified atom stereocenters. The highest BCUT2D eigenvalue weighted by atomic mass is 35.7. The molecular formula is C11H10ClF3S. The average Bonchev–Trinajstić information content (AvgIpc) is 2.38. The van der Waals surface area contributed by atoms with Gasteiger partial charge in [0.25, 0.3) is 0 Å². The van der Waals surface area contributed by atoms with Gasteiger partial charge in [-0.2, -0.15) is 13.2 Å². The summed E-state index contributed by atoms with van der Waals surface area (Å²) in [7, 11) is 2.53. The van der Waals surface area contributed by atoms with Crippen LogP contribution in [0.5, 0.6) is 0 Å². The molecule has 0 radical (unpaired) electrons. The molecule has 0 spiro atoms. The van der Waals surface area contributed by atoms with Gasteiger partial charge < -0.3 is 0 Å². The fraction of sp³-hybridized carbons (Fsp3) is 0.273. The van der Waals surface area contributed by atoms with Gasteiger partial charge >= 0.3 is 5.51 Å². The van der Waals surface area contributed by atoms with Crippen LogP contribution in [0.25, 0.3) is 6.08 Å². The Balaban J connectivity index is 2.67. The smallest absolute Gasteiger partial charge is 0.160 e. The van der Waals surface area contributed by atoms with Gasteiger partial charge in [-0.05, 0) is 56.4 Å². The number of allylic oxidation sites excluding steroid dienone is 1. The highest BCUT2D eigenvalue weighted by Gasteiger charge is 2.54. The van der Waals surface area contributed by atoms with E-state index in [0.29, 0.717) is 5.56 Å². The maximum atomic E-state index is 13.0. The van der Waals surface area contributed by atoms with Crippen molar-refractivity contribution in [2.45, 2.75) is 24.3 Å². The molecule has 0 fully saturated rings. The molecule has 1 atom stereocenters. The van der Waals surface area contributed by atoms with E-state index in [1.165, 1.54) is 19.1 Å². The Morgan fingerprint density at radius 2 is 1.81 bits per heavy atom. The molecule has 0 bridgehead atoms. The average molecular weight is 267 g/mol. The van der Waals surface area contributed by atoms with Crippen LogP contribution in [-0.4, -0.2) is 5.51 Å². The van der Waals surface area contributed by atoms with Crippen molar-refractivity contribution in [3.63, 3.8) is 0 Å². The highest BCUT2D eigenvalue weighted by Crippen LogP contribution is 2.79. The van der Waals surface area contributed by atoms with E-state index in [-0.39, 0.29) is 9.80 Å². The lowest BCUT2D eigenvalue weighted by molar-refractivity contribution is -0.0359. The standard InChI is InChI=1S/C11H10ClF3S/c1-7-3-4-10-9(5-7)6-8(2)16(10,12)11(13,14)15/h3-6H,1-2H3. The van der Waals surface area contributed by atoms with E-state index in [4.69, 9.17) is 10.7 Å². The molecule has 1 aromatic carbocycles. The predicted molar refractivity (Wildman–Crippen MR) is 62.6 cm³/mol. The first-order chi connectivity index (χ1) is 7.26. The molecule has 1 heterocycles. The third-order valence-corrected chi connectivity index (χ3v) is 6.96. The van der Waals surface area contributed by atoms with E-state index in [0.717, 1.165) is 5.56 Å². The molecule has 16 heavy (non-hydrogen) atoms. The number of alkyl halides is 3. The van der Waals surface area contributed by atoms with Gasteiger partial charge in [0.2, 0.25) is 0 Å². The second kappa shape index (κ2) is 3.44. The van der Waals surface area contributed by atoms with Crippen LogP contribution in [0, 0.1) is 6.92 Å². The molecule has 0 aromatic heterocycles. The Hall–Kier alpha value is -0.610. The van der Waals surface area contributed by atoms with Gasteiger partial charge in [-0.1, -0.05) is 17.7 Å². The Morgan fingerprint density at radius 1 is 1.19 bits per heavy atom. The summed E-state index contributed by atoms with van der Waals surface area (Å²) in [5, 5.41) is 0. The summed E-state index contributed by atoms with van der Waals surface area (Å²) in [5.41, 5.74) is -2.86. The minimum Gasteiger partial charge on any atom is -0.160 e. The zero-order valence-corrected chi connectivity index (χ0v) is 10.3. The van der Waals surface area contributed by atoms with Crippen LogP contribution >= 0.6 is 19.9 Å². The molecule has 0 amide bonds. The molecule has 0 saturated heterocycles. The first kappa shape index (κ1) is 11.9. The first-order valence-electron chi connectivity index (χ1n) is 4.65. The van der Waals surface area contributed by atoms with E-state index in [2.05, 4.69) is 0 Å². The maximum absolute atomic E-state index is 13.0. The summed E-state index contributed by atoms with van der Waals surface area (Å²) in [6, 6.07) is 4.90. The molecular weight excluding hydrogens is 257 g/mol. The van der Waals surface area contributed by atoms with E-state index >= 15 is 0 Å². The van der Waals surface area contributed by atoms with E-state index in [1.807, 2.05) is 6.92 Å². The quantitative estimate of drug-likeness (QED) is 0.605. The molecule has 1 aliphatic heterocycles. The maximum Gasteiger partial charge on any atom is 0.445 e. The zero-order valence-electron chi connectivity index (χ0n) is 8.73. The highest BCUT2D eigenvalue weighted by molar-refractivity contribution is 8.54. The molecule has 0 N–H and O–H groups in total. The van der Waals surface area contributed by atoms with Crippen molar-refractivity contribution in [1.29, 1.82) is 0 Å². The Labute approximate surface area is 97.9 Å². The van der Waals surface area contributed by atoms with Gasteiger partial charge in [-0.25, -0.2) is 0 Å². The van der Waals surface area contributed by atoms with Crippen LogP contribution in [0.1, 0.15) is 18.1 Å². The number of fused-ring (bicyclic) bond motifs is 1. The first-order valence-corrected chi connectivity index (χ1v) is 7.11. The third-order valence-electron chi connectivity index (χ3n) is 2.59. The lowest BCUT2D eigenvalue weighted by atomic mass is 10.1. The van der Waals surface area contributed by atoms with Crippen molar-refractivity contribution >= 4 is 26.0 Å². The minimum atomic E-state index is -4.39. The van der Waals surface area contributed by atoms with Crippen LogP contribution in [0.2, 0.25) is 0 Å². The van der Waals surface area contributed by atoms with Crippen LogP contribution in [0.4, 0.5) is 13.2 Å². The van der Waals surface area contributed by atoms with Gasteiger partial charge in [0, 0.05) is 4.90 Å². The molecule has 0 nitrogen and oxygen atoms in total. The monoisotopic (exact) mass is 266 g/mol. The summed E-state index contributed by atoms with van der Waals surface area (Å²) in [6.45, 7) is 3.30. The van der Waals surface area contributed by atoms with Gasteiger partial charge in [0.05, 0.1) is 0 Å². The van der Waals surface area contributed by atoms with Gasteiger partial charge in [-0.3, -0.25) is 0 Å².